The van der Waals surface area contributed by atoms with E-state index < -0.39 is 33.3 Å². The average molecular weight is 313 g/mol. The van der Waals surface area contributed by atoms with E-state index in [0.29, 0.717) is 12.8 Å². The second kappa shape index (κ2) is 7.59. The summed E-state index contributed by atoms with van der Waals surface area (Å²) in [5, 5.41) is 0. The van der Waals surface area contributed by atoms with E-state index in [1.54, 1.807) is 6.08 Å². The number of rotatable bonds is 6. The van der Waals surface area contributed by atoms with Gasteiger partial charge in [-0.3, -0.25) is 0 Å². The Balaban J connectivity index is 3.06. The minimum atomic E-state index is -1.42. The van der Waals surface area contributed by atoms with Crippen molar-refractivity contribution in [3.63, 3.8) is 0 Å². The molecule has 0 aromatic heterocycles. The van der Waals surface area contributed by atoms with Crippen LogP contribution in [0.2, 0.25) is 0 Å². The van der Waals surface area contributed by atoms with Crippen LogP contribution < -0.4 is 0 Å². The normalized spacial score (nSPS) is 15.1. The Morgan fingerprint density at radius 1 is 1.38 bits per heavy atom. The van der Waals surface area contributed by atoms with Crippen molar-refractivity contribution in [1.82, 2.24) is 0 Å². The molecule has 1 aromatic rings. The molecule has 0 N–H and O–H groups in total. The molecule has 21 heavy (non-hydrogen) atoms. The number of allylic oxidation sites excluding steroid dienone is 1. The Kier molecular flexibility index (Phi) is 6.40. The maximum absolute atomic E-state index is 13.9. The third-order valence-electron chi connectivity index (χ3n) is 2.92. The van der Waals surface area contributed by atoms with Crippen LogP contribution in [-0.4, -0.2) is 15.2 Å². The highest BCUT2D eigenvalue weighted by Gasteiger charge is 2.20. The van der Waals surface area contributed by atoms with Crippen LogP contribution in [-0.2, 0) is 11.0 Å². The predicted molar refractivity (Wildman–Crippen MR) is 84.9 cm³/mol. The maximum atomic E-state index is 13.9. The van der Waals surface area contributed by atoms with Crippen molar-refractivity contribution >= 4 is 17.2 Å². The van der Waals surface area contributed by atoms with Crippen molar-refractivity contribution in [2.75, 3.05) is 0 Å². The first kappa shape index (κ1) is 17.7. The summed E-state index contributed by atoms with van der Waals surface area (Å²) in [6, 6.07) is 4.06. The molecule has 2 atom stereocenters. The molecule has 0 fully saturated rings. The first-order valence-electron chi connectivity index (χ1n) is 6.78. The smallest absolute Gasteiger partial charge is 0.162 e. The van der Waals surface area contributed by atoms with Crippen molar-refractivity contribution < 1.29 is 13.0 Å². The fourth-order valence-corrected chi connectivity index (χ4v) is 2.28. The lowest BCUT2D eigenvalue weighted by atomic mass is 9.95. The van der Waals surface area contributed by atoms with Crippen LogP contribution in [0.5, 0.6) is 0 Å². The van der Waals surface area contributed by atoms with E-state index >= 15 is 0 Å². The van der Waals surface area contributed by atoms with Crippen LogP contribution in [0.15, 0.2) is 35.3 Å². The fourth-order valence-electron chi connectivity index (χ4n) is 1.70. The Morgan fingerprint density at radius 2 is 2.05 bits per heavy atom. The van der Waals surface area contributed by atoms with Crippen molar-refractivity contribution in [2.24, 2.45) is 4.40 Å². The second-order valence-corrected chi connectivity index (χ2v) is 7.67. The summed E-state index contributed by atoms with van der Waals surface area (Å²) in [5.41, 5.74) is 0.228. The van der Waals surface area contributed by atoms with E-state index in [4.69, 9.17) is 0 Å². The first-order chi connectivity index (χ1) is 9.77. The van der Waals surface area contributed by atoms with Crippen molar-refractivity contribution in [1.29, 1.82) is 0 Å². The Morgan fingerprint density at radius 3 is 2.62 bits per heavy atom. The largest absolute Gasteiger partial charge is 0.234 e. The summed E-state index contributed by atoms with van der Waals surface area (Å²) >= 11 is 0. The lowest BCUT2D eigenvalue weighted by Gasteiger charge is -2.16. The van der Waals surface area contributed by atoms with Gasteiger partial charge >= 0.3 is 0 Å². The molecule has 0 aliphatic heterocycles. The molecule has 2 nitrogen and oxygen atoms in total. The highest BCUT2D eigenvalue weighted by molar-refractivity contribution is 7.85. The van der Waals surface area contributed by atoms with Gasteiger partial charge in [0.1, 0.15) is 11.0 Å². The van der Waals surface area contributed by atoms with Gasteiger partial charge in [-0.25, -0.2) is 13.0 Å². The van der Waals surface area contributed by atoms with Gasteiger partial charge in [0.2, 0.25) is 0 Å². The third-order valence-corrected chi connectivity index (χ3v) is 4.28. The quantitative estimate of drug-likeness (QED) is 0.560. The van der Waals surface area contributed by atoms with E-state index in [1.165, 1.54) is 18.3 Å². The summed E-state index contributed by atoms with van der Waals surface area (Å²) in [7, 11) is -1.42. The molecule has 0 aliphatic rings. The van der Waals surface area contributed by atoms with Crippen LogP contribution in [0.25, 0.3) is 0 Å². The molecule has 116 valence electrons. The molecular formula is C16H21F2NOS. The number of hydrogen-bond acceptors (Lipinski definition) is 1. The van der Waals surface area contributed by atoms with E-state index in [9.17, 15) is 13.0 Å². The van der Waals surface area contributed by atoms with Crippen LogP contribution in [0, 0.1) is 11.6 Å². The van der Waals surface area contributed by atoms with Crippen LogP contribution in [0.3, 0.4) is 0 Å². The number of hydrogen-bond donors (Lipinski definition) is 0. The highest BCUT2D eigenvalue weighted by atomic mass is 32.2. The van der Waals surface area contributed by atoms with Crippen LogP contribution >= 0.6 is 0 Å². The molecule has 0 unspecified atom stereocenters. The van der Waals surface area contributed by atoms with E-state index in [-0.39, 0.29) is 5.56 Å². The zero-order valence-corrected chi connectivity index (χ0v) is 13.4. The Hall–Kier alpha value is -1.36. The third kappa shape index (κ3) is 5.16. The monoisotopic (exact) mass is 313 g/mol. The molecule has 0 amide bonds. The molecule has 0 heterocycles. The molecule has 1 rings (SSSR count). The summed E-state index contributed by atoms with van der Waals surface area (Å²) in [5.74, 6) is -2.19. The van der Waals surface area contributed by atoms with Crippen LogP contribution in [0.1, 0.15) is 45.1 Å². The van der Waals surface area contributed by atoms with Crippen molar-refractivity contribution in [3.05, 3.63) is 48.1 Å². The van der Waals surface area contributed by atoms with Crippen molar-refractivity contribution in [2.45, 2.75) is 44.3 Å². The molecule has 0 spiro atoms. The molecule has 0 bridgehead atoms. The van der Waals surface area contributed by atoms with Gasteiger partial charge < -0.3 is 0 Å². The standard InChI is InChI=1S/C16H21F2NOS/c1-5-6-8-12(11-19-21(20)16(2,3)4)13-9-7-10-14(17)15(13)18/h5,7,9-12H,1,6,8H2,2-4H3/t12-,21-/m1/s1. The van der Waals surface area contributed by atoms with Gasteiger partial charge in [0, 0.05) is 12.1 Å². The minimum Gasteiger partial charge on any atom is -0.234 e. The van der Waals surface area contributed by atoms with E-state index in [0.717, 1.165) is 6.07 Å². The predicted octanol–water partition coefficient (Wildman–Crippen LogP) is 4.55. The average Bonchev–Trinajstić information content (AvgIpc) is 2.41. The molecule has 5 heteroatoms. The highest BCUT2D eigenvalue weighted by Crippen LogP contribution is 2.25. The summed E-state index contributed by atoms with van der Waals surface area (Å²) in [4.78, 5) is 0. The number of nitrogens with zero attached hydrogens (tertiary/aromatic N) is 1. The van der Waals surface area contributed by atoms with Gasteiger partial charge in [0.15, 0.2) is 11.6 Å². The molecule has 0 saturated carbocycles. The zero-order chi connectivity index (χ0) is 16.0. The number of halogens is 2. The van der Waals surface area contributed by atoms with Gasteiger partial charge in [0.25, 0.3) is 0 Å². The number of benzene rings is 1. The lowest BCUT2D eigenvalue weighted by Crippen LogP contribution is -2.20. The topological polar surface area (TPSA) is 29.4 Å². The summed E-state index contributed by atoms with van der Waals surface area (Å²) < 4.78 is 42.7. The van der Waals surface area contributed by atoms with Crippen LogP contribution in [0.4, 0.5) is 8.78 Å². The Bertz CT molecular complexity index is 550. The van der Waals surface area contributed by atoms with E-state index in [2.05, 4.69) is 11.0 Å². The minimum absolute atomic E-state index is 0.228. The van der Waals surface area contributed by atoms with Crippen molar-refractivity contribution in [3.8, 4) is 0 Å². The summed E-state index contributed by atoms with van der Waals surface area (Å²) in [6.45, 7) is 9.05. The first-order valence-corrected chi connectivity index (χ1v) is 7.89. The molecular weight excluding hydrogens is 292 g/mol. The van der Waals surface area contributed by atoms with E-state index in [1.807, 2.05) is 20.8 Å². The van der Waals surface area contributed by atoms with Gasteiger partial charge in [-0.05, 0) is 45.2 Å². The molecule has 0 radical (unpaired) electrons. The van der Waals surface area contributed by atoms with Gasteiger partial charge in [0.05, 0.1) is 4.75 Å². The zero-order valence-electron chi connectivity index (χ0n) is 12.6. The molecule has 0 aliphatic carbocycles. The lowest BCUT2D eigenvalue weighted by molar-refractivity contribution is 0.495. The van der Waals surface area contributed by atoms with Gasteiger partial charge in [-0.1, -0.05) is 18.2 Å². The van der Waals surface area contributed by atoms with Gasteiger partial charge in [-0.2, -0.15) is 4.40 Å². The Labute approximate surface area is 127 Å². The maximum Gasteiger partial charge on any atom is 0.162 e. The second-order valence-electron chi connectivity index (χ2n) is 5.73. The fraction of sp³-hybridized carbons (Fsp3) is 0.438. The molecule has 0 saturated heterocycles. The van der Waals surface area contributed by atoms with Gasteiger partial charge in [-0.15, -0.1) is 6.58 Å². The summed E-state index contributed by atoms with van der Waals surface area (Å²) in [6.07, 6.45) is 4.34. The molecule has 1 aromatic carbocycles. The SMILES string of the molecule is C=CCC[C@H](C=N[S@](=O)C(C)(C)C)c1cccc(F)c1F.